The Kier molecular flexibility index (Phi) is 16.5. The Morgan fingerprint density at radius 3 is 1.32 bits per heavy atom. The van der Waals surface area contributed by atoms with Gasteiger partial charge in [0, 0.05) is 70.4 Å². The standard InChI is InChI=1S/C23H39N5O6/c1-16(2)15-28-23(34)10-14-27-22(33)9-13-26-21(32)8-12-25-20(31)7-11-24-19(30)6-5-18(29)17(3)4/h5-6,16-17H,7-15H2,1-4H3,(H,24,30)(H,25,31)(H,26,32)(H,27,33)(H,28,34)/b6-5-. The third-order valence-corrected chi connectivity index (χ3v) is 4.35. The zero-order valence-electron chi connectivity index (χ0n) is 20.6. The number of carbonyl (C=O) groups excluding carboxylic acids is 6. The van der Waals surface area contributed by atoms with Gasteiger partial charge < -0.3 is 26.6 Å². The van der Waals surface area contributed by atoms with Crippen molar-refractivity contribution in [1.82, 2.24) is 26.6 Å². The van der Waals surface area contributed by atoms with E-state index in [0.29, 0.717) is 12.5 Å². The number of carbonyl (C=O) groups is 6. The van der Waals surface area contributed by atoms with E-state index in [9.17, 15) is 28.8 Å². The van der Waals surface area contributed by atoms with Gasteiger partial charge in [-0.05, 0) is 12.0 Å². The summed E-state index contributed by atoms with van der Waals surface area (Å²) < 4.78 is 0. The molecule has 0 unspecified atom stereocenters. The highest BCUT2D eigenvalue weighted by Crippen LogP contribution is 1.95. The van der Waals surface area contributed by atoms with E-state index in [-0.39, 0.29) is 87.2 Å². The Hall–Kier alpha value is -3.24. The van der Waals surface area contributed by atoms with Crippen LogP contribution in [-0.2, 0) is 28.8 Å². The van der Waals surface area contributed by atoms with Crippen LogP contribution >= 0.6 is 0 Å². The molecule has 0 fully saturated rings. The second-order valence-corrected chi connectivity index (χ2v) is 8.43. The zero-order valence-corrected chi connectivity index (χ0v) is 20.6. The second-order valence-electron chi connectivity index (χ2n) is 8.43. The molecule has 0 rings (SSSR count). The fourth-order valence-electron chi connectivity index (χ4n) is 2.33. The Labute approximate surface area is 201 Å². The van der Waals surface area contributed by atoms with Crippen LogP contribution < -0.4 is 26.6 Å². The fraction of sp³-hybridized carbons (Fsp3) is 0.652. The van der Waals surface area contributed by atoms with Gasteiger partial charge in [-0.3, -0.25) is 28.8 Å². The number of ketones is 1. The average molecular weight is 482 g/mol. The van der Waals surface area contributed by atoms with E-state index in [2.05, 4.69) is 26.6 Å². The first-order chi connectivity index (χ1) is 16.0. The fourth-order valence-corrected chi connectivity index (χ4v) is 2.33. The van der Waals surface area contributed by atoms with Crippen LogP contribution in [0, 0.1) is 11.8 Å². The zero-order chi connectivity index (χ0) is 25.9. The van der Waals surface area contributed by atoms with Crippen LogP contribution in [0.15, 0.2) is 12.2 Å². The van der Waals surface area contributed by atoms with Crippen molar-refractivity contribution in [2.45, 2.75) is 53.4 Å². The van der Waals surface area contributed by atoms with Gasteiger partial charge in [0.2, 0.25) is 29.5 Å². The lowest BCUT2D eigenvalue weighted by molar-refractivity contribution is -0.123. The summed E-state index contributed by atoms with van der Waals surface area (Å²) in [4.78, 5) is 69.8. The van der Waals surface area contributed by atoms with Crippen molar-refractivity contribution in [1.29, 1.82) is 0 Å². The Balaban J connectivity index is 3.78. The van der Waals surface area contributed by atoms with Crippen LogP contribution in [0.2, 0.25) is 0 Å². The summed E-state index contributed by atoms with van der Waals surface area (Å²) in [6, 6.07) is 0. The van der Waals surface area contributed by atoms with E-state index in [4.69, 9.17) is 0 Å². The molecular weight excluding hydrogens is 442 g/mol. The van der Waals surface area contributed by atoms with Crippen molar-refractivity contribution < 1.29 is 28.8 Å². The van der Waals surface area contributed by atoms with Crippen LogP contribution in [0.25, 0.3) is 0 Å². The van der Waals surface area contributed by atoms with Crippen LogP contribution in [0.1, 0.15) is 53.4 Å². The summed E-state index contributed by atoms with van der Waals surface area (Å²) in [7, 11) is 0. The lowest BCUT2D eigenvalue weighted by Gasteiger charge is -2.09. The molecule has 34 heavy (non-hydrogen) atoms. The summed E-state index contributed by atoms with van der Waals surface area (Å²) in [6.07, 6.45) is 2.71. The third kappa shape index (κ3) is 18.3. The molecule has 11 nitrogen and oxygen atoms in total. The minimum atomic E-state index is -0.459. The average Bonchev–Trinajstić information content (AvgIpc) is 2.75. The predicted octanol–water partition coefficient (Wildman–Crippen LogP) is -0.435. The molecule has 0 aliphatic heterocycles. The highest BCUT2D eigenvalue weighted by atomic mass is 16.2. The number of allylic oxidation sites excluding steroid dienone is 1. The van der Waals surface area contributed by atoms with Crippen molar-refractivity contribution in [2.75, 3.05) is 32.7 Å². The van der Waals surface area contributed by atoms with Gasteiger partial charge in [-0.25, -0.2) is 0 Å². The molecule has 5 amide bonds. The van der Waals surface area contributed by atoms with Gasteiger partial charge >= 0.3 is 0 Å². The maximum atomic E-state index is 11.8. The number of hydrogen-bond acceptors (Lipinski definition) is 6. The van der Waals surface area contributed by atoms with E-state index in [1.54, 1.807) is 13.8 Å². The van der Waals surface area contributed by atoms with Gasteiger partial charge in [-0.15, -0.1) is 0 Å². The maximum Gasteiger partial charge on any atom is 0.244 e. The van der Waals surface area contributed by atoms with Crippen molar-refractivity contribution >= 4 is 35.3 Å². The molecule has 0 heterocycles. The highest BCUT2D eigenvalue weighted by molar-refractivity contribution is 5.98. The molecule has 0 atom stereocenters. The molecule has 0 spiro atoms. The van der Waals surface area contributed by atoms with Crippen molar-refractivity contribution in [3.63, 3.8) is 0 Å². The Bertz CT molecular complexity index is 733. The van der Waals surface area contributed by atoms with E-state index in [1.165, 1.54) is 6.08 Å². The minimum absolute atomic E-state index is 0.0367. The minimum Gasteiger partial charge on any atom is -0.356 e. The molecule has 0 saturated heterocycles. The Morgan fingerprint density at radius 2 is 0.941 bits per heavy atom. The molecule has 0 aromatic heterocycles. The van der Waals surface area contributed by atoms with Gasteiger partial charge in [-0.2, -0.15) is 0 Å². The lowest BCUT2D eigenvalue weighted by atomic mass is 10.1. The van der Waals surface area contributed by atoms with E-state index in [1.807, 2.05) is 13.8 Å². The second kappa shape index (κ2) is 18.2. The van der Waals surface area contributed by atoms with E-state index >= 15 is 0 Å². The van der Waals surface area contributed by atoms with Crippen molar-refractivity contribution in [2.24, 2.45) is 11.8 Å². The number of amides is 5. The summed E-state index contributed by atoms with van der Waals surface area (Å²) in [5.74, 6) is -1.48. The van der Waals surface area contributed by atoms with Gasteiger partial charge in [0.25, 0.3) is 0 Å². The first kappa shape index (κ1) is 30.8. The third-order valence-electron chi connectivity index (χ3n) is 4.35. The summed E-state index contributed by atoms with van der Waals surface area (Å²) in [6.45, 7) is 8.64. The number of nitrogens with one attached hydrogen (secondary N) is 5. The molecule has 0 bridgehead atoms. The van der Waals surface area contributed by atoms with Crippen LogP contribution in [0.3, 0.4) is 0 Å². The normalized spacial score (nSPS) is 10.8. The topological polar surface area (TPSA) is 163 Å². The number of rotatable bonds is 17. The van der Waals surface area contributed by atoms with Crippen LogP contribution in [-0.4, -0.2) is 68.0 Å². The molecular formula is C23H39N5O6. The molecule has 0 saturated carbocycles. The molecule has 192 valence electrons. The van der Waals surface area contributed by atoms with Crippen molar-refractivity contribution in [3.8, 4) is 0 Å². The van der Waals surface area contributed by atoms with Crippen LogP contribution in [0.4, 0.5) is 0 Å². The Morgan fingerprint density at radius 1 is 0.559 bits per heavy atom. The first-order valence-corrected chi connectivity index (χ1v) is 11.6. The van der Waals surface area contributed by atoms with Crippen molar-refractivity contribution in [3.05, 3.63) is 12.2 Å². The first-order valence-electron chi connectivity index (χ1n) is 11.6. The molecule has 11 heteroatoms. The summed E-state index contributed by atoms with van der Waals surface area (Å²) in [5.41, 5.74) is 0. The smallest absolute Gasteiger partial charge is 0.244 e. The molecule has 0 radical (unpaired) electrons. The van der Waals surface area contributed by atoms with Gasteiger partial charge in [0.15, 0.2) is 5.78 Å². The summed E-state index contributed by atoms with van der Waals surface area (Å²) >= 11 is 0. The molecule has 0 aromatic carbocycles. The summed E-state index contributed by atoms with van der Waals surface area (Å²) in [5, 5.41) is 13.0. The van der Waals surface area contributed by atoms with Gasteiger partial charge in [0.1, 0.15) is 0 Å². The largest absolute Gasteiger partial charge is 0.356 e. The predicted molar refractivity (Wildman–Crippen MR) is 127 cm³/mol. The van der Waals surface area contributed by atoms with Gasteiger partial charge in [0.05, 0.1) is 0 Å². The van der Waals surface area contributed by atoms with Gasteiger partial charge in [-0.1, -0.05) is 27.7 Å². The monoisotopic (exact) mass is 481 g/mol. The van der Waals surface area contributed by atoms with Crippen LogP contribution in [0.5, 0.6) is 0 Å². The van der Waals surface area contributed by atoms with E-state index in [0.717, 1.165) is 6.08 Å². The lowest BCUT2D eigenvalue weighted by Crippen LogP contribution is -2.35. The highest BCUT2D eigenvalue weighted by Gasteiger charge is 2.08. The quantitative estimate of drug-likeness (QED) is 0.177. The van der Waals surface area contributed by atoms with E-state index < -0.39 is 5.91 Å². The molecule has 0 aliphatic rings. The SMILES string of the molecule is CC(C)CNC(=O)CCNC(=O)CCNC(=O)CCNC(=O)CCNC(=O)/C=C\C(=O)C(C)C. The number of hydrogen-bond donors (Lipinski definition) is 5. The molecule has 0 aliphatic carbocycles. The molecule has 5 N–H and O–H groups in total. The maximum absolute atomic E-state index is 11.8. The molecule has 0 aromatic rings.